The Hall–Kier alpha value is -1.55. The summed E-state index contributed by atoms with van der Waals surface area (Å²) in [6.07, 6.45) is 0.807. The monoisotopic (exact) mass is 250 g/mol. The molecule has 1 unspecified atom stereocenters. The summed E-state index contributed by atoms with van der Waals surface area (Å²) in [5.41, 5.74) is 0. The van der Waals surface area contributed by atoms with Crippen LogP contribution in [0.3, 0.4) is 0 Å². The lowest BCUT2D eigenvalue weighted by atomic mass is 10.0. The smallest absolute Gasteiger partial charge is 0.175 e. The number of Topliss-reactive ketones (excluding diaryl/α,β-unsaturated/α-hetero) is 1. The van der Waals surface area contributed by atoms with Crippen molar-refractivity contribution in [1.29, 1.82) is 0 Å². The highest BCUT2D eigenvalue weighted by molar-refractivity contribution is 5.82. The van der Waals surface area contributed by atoms with Crippen LogP contribution < -0.4 is 9.47 Å². The Bertz CT molecular complexity index is 397. The molecule has 0 saturated carbocycles. The maximum Gasteiger partial charge on any atom is 0.175 e. The van der Waals surface area contributed by atoms with Crippen molar-refractivity contribution < 1.29 is 19.0 Å². The second-order valence-electron chi connectivity index (χ2n) is 4.22. The fourth-order valence-electron chi connectivity index (χ4n) is 1.88. The first-order valence-corrected chi connectivity index (χ1v) is 6.25. The first kappa shape index (κ1) is 12.9. The third-order valence-corrected chi connectivity index (χ3v) is 2.88. The van der Waals surface area contributed by atoms with E-state index in [1.54, 1.807) is 6.07 Å². The molecule has 1 saturated heterocycles. The van der Waals surface area contributed by atoms with Crippen LogP contribution in [0.25, 0.3) is 0 Å². The van der Waals surface area contributed by atoms with Crippen molar-refractivity contribution in [2.75, 3.05) is 26.4 Å². The van der Waals surface area contributed by atoms with Crippen LogP contribution in [0.5, 0.6) is 11.5 Å². The average Bonchev–Trinajstić information content (AvgIpc) is 2.91. The van der Waals surface area contributed by atoms with Crippen molar-refractivity contribution in [3.05, 3.63) is 24.3 Å². The molecule has 0 spiro atoms. The summed E-state index contributed by atoms with van der Waals surface area (Å²) in [4.78, 5) is 11.8. The molecule has 1 atom stereocenters. The summed E-state index contributed by atoms with van der Waals surface area (Å²) in [6, 6.07) is 7.33. The van der Waals surface area contributed by atoms with Gasteiger partial charge in [-0.05, 0) is 25.5 Å². The molecule has 0 bridgehead atoms. The number of hydrogen-bond acceptors (Lipinski definition) is 4. The van der Waals surface area contributed by atoms with E-state index >= 15 is 0 Å². The predicted octanol–water partition coefficient (Wildman–Crippen LogP) is 2.07. The van der Waals surface area contributed by atoms with Gasteiger partial charge in [-0.3, -0.25) is 4.79 Å². The van der Waals surface area contributed by atoms with Crippen LogP contribution >= 0.6 is 0 Å². The van der Waals surface area contributed by atoms with Crippen molar-refractivity contribution in [3.8, 4) is 11.5 Å². The van der Waals surface area contributed by atoms with Crippen molar-refractivity contribution >= 4 is 5.78 Å². The molecule has 1 aromatic carbocycles. The van der Waals surface area contributed by atoms with E-state index in [2.05, 4.69) is 0 Å². The topological polar surface area (TPSA) is 44.8 Å². The standard InChI is InChI=1S/C14H18O4/c1-2-17-12-4-3-5-13(8-12)18-10-14(15)11-6-7-16-9-11/h3-5,8,11H,2,6-7,9-10H2,1H3. The number of carbonyl (C=O) groups is 1. The number of carbonyl (C=O) groups excluding carboxylic acids is 1. The predicted molar refractivity (Wildman–Crippen MR) is 67.0 cm³/mol. The summed E-state index contributed by atoms with van der Waals surface area (Å²) in [5, 5.41) is 0. The van der Waals surface area contributed by atoms with Gasteiger partial charge in [-0.2, -0.15) is 0 Å². The molecule has 1 aliphatic rings. The van der Waals surface area contributed by atoms with Gasteiger partial charge in [0.15, 0.2) is 5.78 Å². The van der Waals surface area contributed by atoms with Gasteiger partial charge in [0.2, 0.25) is 0 Å². The van der Waals surface area contributed by atoms with E-state index in [0.717, 1.165) is 12.2 Å². The quantitative estimate of drug-likeness (QED) is 0.775. The van der Waals surface area contributed by atoms with Gasteiger partial charge in [0.1, 0.15) is 18.1 Å². The minimum atomic E-state index is 0.0000689. The van der Waals surface area contributed by atoms with Crippen LogP contribution in [0, 0.1) is 5.92 Å². The molecule has 1 heterocycles. The lowest BCUT2D eigenvalue weighted by molar-refractivity contribution is -0.124. The van der Waals surface area contributed by atoms with Crippen LogP contribution in [0.1, 0.15) is 13.3 Å². The molecule has 2 rings (SSSR count). The van der Waals surface area contributed by atoms with Crippen molar-refractivity contribution in [1.82, 2.24) is 0 Å². The molecule has 0 aromatic heterocycles. The molecule has 98 valence electrons. The van der Waals surface area contributed by atoms with E-state index in [1.165, 1.54) is 0 Å². The third-order valence-electron chi connectivity index (χ3n) is 2.88. The lowest BCUT2D eigenvalue weighted by Gasteiger charge is -2.10. The lowest BCUT2D eigenvalue weighted by Crippen LogP contribution is -2.21. The van der Waals surface area contributed by atoms with Crippen molar-refractivity contribution in [2.45, 2.75) is 13.3 Å². The fraction of sp³-hybridized carbons (Fsp3) is 0.500. The molecule has 1 aliphatic heterocycles. The Labute approximate surface area is 107 Å². The molecule has 4 nitrogen and oxygen atoms in total. The van der Waals surface area contributed by atoms with Gasteiger partial charge in [-0.15, -0.1) is 0 Å². The molecule has 18 heavy (non-hydrogen) atoms. The largest absolute Gasteiger partial charge is 0.494 e. The first-order valence-electron chi connectivity index (χ1n) is 6.25. The number of rotatable bonds is 6. The van der Waals surface area contributed by atoms with Gasteiger partial charge in [0.25, 0.3) is 0 Å². The Balaban J connectivity index is 1.85. The maximum absolute atomic E-state index is 11.8. The molecule has 4 heteroatoms. The minimum Gasteiger partial charge on any atom is -0.494 e. The Kier molecular flexibility index (Phi) is 4.59. The molecule has 0 N–H and O–H groups in total. The Morgan fingerprint density at radius 2 is 2.17 bits per heavy atom. The van der Waals surface area contributed by atoms with Gasteiger partial charge < -0.3 is 14.2 Å². The van der Waals surface area contributed by atoms with E-state index in [4.69, 9.17) is 14.2 Å². The van der Waals surface area contributed by atoms with Gasteiger partial charge in [-0.1, -0.05) is 6.07 Å². The molecule has 0 radical (unpaired) electrons. The Morgan fingerprint density at radius 3 is 2.83 bits per heavy atom. The summed E-state index contributed by atoms with van der Waals surface area (Å²) in [7, 11) is 0. The van der Waals surface area contributed by atoms with E-state index < -0.39 is 0 Å². The number of ketones is 1. The highest BCUT2D eigenvalue weighted by atomic mass is 16.5. The number of benzene rings is 1. The second kappa shape index (κ2) is 6.40. The van der Waals surface area contributed by atoms with Crippen LogP contribution in [0.4, 0.5) is 0 Å². The molecule has 1 fully saturated rings. The first-order chi connectivity index (χ1) is 8.79. The van der Waals surface area contributed by atoms with E-state index in [0.29, 0.717) is 25.6 Å². The Morgan fingerprint density at radius 1 is 1.39 bits per heavy atom. The van der Waals surface area contributed by atoms with Crippen molar-refractivity contribution in [2.24, 2.45) is 5.92 Å². The number of ether oxygens (including phenoxy) is 3. The van der Waals surface area contributed by atoms with Gasteiger partial charge in [-0.25, -0.2) is 0 Å². The van der Waals surface area contributed by atoms with E-state index in [-0.39, 0.29) is 18.3 Å². The van der Waals surface area contributed by atoms with Crippen LogP contribution in [-0.2, 0) is 9.53 Å². The van der Waals surface area contributed by atoms with Gasteiger partial charge in [0.05, 0.1) is 13.2 Å². The maximum atomic E-state index is 11.8. The second-order valence-corrected chi connectivity index (χ2v) is 4.22. The molecule has 0 aliphatic carbocycles. The minimum absolute atomic E-state index is 0.0000689. The fourth-order valence-corrected chi connectivity index (χ4v) is 1.88. The molecule has 0 amide bonds. The zero-order valence-corrected chi connectivity index (χ0v) is 10.6. The molecular weight excluding hydrogens is 232 g/mol. The van der Waals surface area contributed by atoms with E-state index in [1.807, 2.05) is 25.1 Å². The zero-order chi connectivity index (χ0) is 12.8. The summed E-state index contributed by atoms with van der Waals surface area (Å²) in [6.45, 7) is 3.85. The molecular formula is C14H18O4. The van der Waals surface area contributed by atoms with Gasteiger partial charge >= 0.3 is 0 Å². The van der Waals surface area contributed by atoms with Crippen LogP contribution in [0.2, 0.25) is 0 Å². The van der Waals surface area contributed by atoms with Crippen molar-refractivity contribution in [3.63, 3.8) is 0 Å². The zero-order valence-electron chi connectivity index (χ0n) is 10.6. The van der Waals surface area contributed by atoms with Crippen LogP contribution in [-0.4, -0.2) is 32.2 Å². The summed E-state index contributed by atoms with van der Waals surface area (Å²) < 4.78 is 16.0. The highest BCUT2D eigenvalue weighted by Gasteiger charge is 2.23. The summed E-state index contributed by atoms with van der Waals surface area (Å²) >= 11 is 0. The summed E-state index contributed by atoms with van der Waals surface area (Å²) in [5.74, 6) is 1.52. The van der Waals surface area contributed by atoms with Gasteiger partial charge in [0, 0.05) is 18.6 Å². The highest BCUT2D eigenvalue weighted by Crippen LogP contribution is 2.20. The van der Waals surface area contributed by atoms with Crippen LogP contribution in [0.15, 0.2) is 24.3 Å². The SMILES string of the molecule is CCOc1cccc(OCC(=O)C2CCOC2)c1. The molecule has 1 aromatic rings. The van der Waals surface area contributed by atoms with E-state index in [9.17, 15) is 4.79 Å². The average molecular weight is 250 g/mol. The normalized spacial score (nSPS) is 18.6. The third kappa shape index (κ3) is 3.47. The number of hydrogen-bond donors (Lipinski definition) is 0.